The highest BCUT2D eigenvalue weighted by atomic mass is 16.6. The zero-order valence-electron chi connectivity index (χ0n) is 15.7. The Morgan fingerprint density at radius 2 is 2.12 bits per heavy atom. The quantitative estimate of drug-likeness (QED) is 0.331. The van der Waals surface area contributed by atoms with Gasteiger partial charge in [0.15, 0.2) is 0 Å². The first-order chi connectivity index (χ1) is 12.3. The number of hydrogen-bond donors (Lipinski definition) is 0. The fourth-order valence-electron chi connectivity index (χ4n) is 3.24. The average molecular weight is 362 g/mol. The SMILES string of the molecule is C=C1C(=O)O[C@@H]2C=C(C)CC/C=C(/C=O)[C@H](OC)[C@@H](OC(=O)C(C)C)[C@@H]12. The van der Waals surface area contributed by atoms with E-state index < -0.39 is 36.2 Å². The zero-order valence-corrected chi connectivity index (χ0v) is 15.7. The Hall–Kier alpha value is -2.21. The maximum absolute atomic E-state index is 12.3. The molecule has 0 amide bonds. The van der Waals surface area contributed by atoms with Crippen LogP contribution in [0.2, 0.25) is 0 Å². The summed E-state index contributed by atoms with van der Waals surface area (Å²) < 4.78 is 16.7. The molecule has 0 N–H and O–H groups in total. The minimum atomic E-state index is -0.891. The topological polar surface area (TPSA) is 78.9 Å². The number of hydrogen-bond acceptors (Lipinski definition) is 6. The molecule has 6 heteroatoms. The minimum Gasteiger partial charge on any atom is -0.458 e. The molecule has 0 radical (unpaired) electrons. The van der Waals surface area contributed by atoms with Crippen molar-refractivity contribution in [2.45, 2.75) is 51.9 Å². The summed E-state index contributed by atoms with van der Waals surface area (Å²) in [5.41, 5.74) is 1.62. The van der Waals surface area contributed by atoms with Gasteiger partial charge in [0.25, 0.3) is 0 Å². The second kappa shape index (κ2) is 8.45. The molecule has 0 bridgehead atoms. The predicted molar refractivity (Wildman–Crippen MR) is 95.2 cm³/mol. The summed E-state index contributed by atoms with van der Waals surface area (Å²) in [6, 6.07) is 0. The standard InChI is InChI=1S/C20H26O6/c1-11(2)19(22)26-18-16-13(4)20(23)25-15(16)9-12(3)7-6-8-14(10-21)17(18)24-5/h8-11,15-18H,4,6-7H2,1-3,5H3/b12-9?,14-8-/t15-,16+,17+,18+/m1/s1. The van der Waals surface area contributed by atoms with Gasteiger partial charge in [-0.15, -0.1) is 0 Å². The van der Waals surface area contributed by atoms with Crippen molar-refractivity contribution < 1.29 is 28.6 Å². The van der Waals surface area contributed by atoms with Gasteiger partial charge in [-0.1, -0.05) is 32.1 Å². The lowest BCUT2D eigenvalue weighted by atomic mass is 9.83. The third kappa shape index (κ3) is 4.12. The van der Waals surface area contributed by atoms with Gasteiger partial charge in [-0.25, -0.2) is 4.79 Å². The van der Waals surface area contributed by atoms with Crippen LogP contribution < -0.4 is 0 Å². The lowest BCUT2D eigenvalue weighted by molar-refractivity contribution is -0.163. The number of carbonyl (C=O) groups excluding carboxylic acids is 3. The number of aldehydes is 1. The third-order valence-corrected chi connectivity index (χ3v) is 4.72. The first-order valence-corrected chi connectivity index (χ1v) is 8.75. The summed E-state index contributed by atoms with van der Waals surface area (Å²) >= 11 is 0. The second-order valence-corrected chi connectivity index (χ2v) is 7.01. The molecule has 2 aliphatic rings. The van der Waals surface area contributed by atoms with Crippen LogP contribution >= 0.6 is 0 Å². The lowest BCUT2D eigenvalue weighted by Crippen LogP contribution is -2.44. The van der Waals surface area contributed by atoms with E-state index in [1.54, 1.807) is 19.9 Å². The number of esters is 2. The first kappa shape index (κ1) is 20.1. The summed E-state index contributed by atoms with van der Waals surface area (Å²) in [7, 11) is 1.44. The Morgan fingerprint density at radius 3 is 2.69 bits per heavy atom. The Balaban J connectivity index is 2.55. The van der Waals surface area contributed by atoms with E-state index in [0.717, 1.165) is 12.0 Å². The molecule has 6 nitrogen and oxygen atoms in total. The van der Waals surface area contributed by atoms with Crippen molar-refractivity contribution in [2.75, 3.05) is 7.11 Å². The fraction of sp³-hybridized carbons (Fsp3) is 0.550. The Kier molecular flexibility index (Phi) is 6.53. The number of methoxy groups -OCH3 is 1. The molecule has 0 saturated carbocycles. The molecule has 4 atom stereocenters. The monoisotopic (exact) mass is 362 g/mol. The molecule has 1 heterocycles. The van der Waals surface area contributed by atoms with Crippen molar-refractivity contribution in [3.8, 4) is 0 Å². The van der Waals surface area contributed by atoms with Gasteiger partial charge in [0, 0.05) is 18.3 Å². The summed E-state index contributed by atoms with van der Waals surface area (Å²) in [6.07, 6.45) is 3.41. The van der Waals surface area contributed by atoms with Crippen LogP contribution in [0.5, 0.6) is 0 Å². The van der Waals surface area contributed by atoms with E-state index in [9.17, 15) is 14.4 Å². The fourth-order valence-corrected chi connectivity index (χ4v) is 3.24. The smallest absolute Gasteiger partial charge is 0.334 e. The highest BCUT2D eigenvalue weighted by molar-refractivity contribution is 5.91. The molecule has 0 aromatic heterocycles. The van der Waals surface area contributed by atoms with E-state index in [4.69, 9.17) is 14.2 Å². The lowest BCUT2D eigenvalue weighted by Gasteiger charge is -2.33. The normalized spacial score (nSPS) is 31.4. The summed E-state index contributed by atoms with van der Waals surface area (Å²) in [5.74, 6) is -1.95. The molecule has 1 aliphatic carbocycles. The molecule has 2 rings (SSSR count). The largest absolute Gasteiger partial charge is 0.458 e. The van der Waals surface area contributed by atoms with E-state index in [1.165, 1.54) is 7.11 Å². The maximum Gasteiger partial charge on any atom is 0.334 e. The molecular formula is C20H26O6. The van der Waals surface area contributed by atoms with Gasteiger partial charge in [0.05, 0.1) is 11.8 Å². The van der Waals surface area contributed by atoms with Crippen molar-refractivity contribution >= 4 is 18.2 Å². The van der Waals surface area contributed by atoms with E-state index >= 15 is 0 Å². The molecule has 26 heavy (non-hydrogen) atoms. The molecule has 0 spiro atoms. The van der Waals surface area contributed by atoms with Crippen molar-refractivity contribution in [3.05, 3.63) is 35.5 Å². The van der Waals surface area contributed by atoms with Crippen molar-refractivity contribution in [1.82, 2.24) is 0 Å². The van der Waals surface area contributed by atoms with Crippen LogP contribution in [0.15, 0.2) is 35.5 Å². The van der Waals surface area contributed by atoms with Gasteiger partial charge in [0.2, 0.25) is 0 Å². The highest BCUT2D eigenvalue weighted by Crippen LogP contribution is 2.37. The van der Waals surface area contributed by atoms with Crippen LogP contribution in [0.4, 0.5) is 0 Å². The van der Waals surface area contributed by atoms with Crippen molar-refractivity contribution in [1.29, 1.82) is 0 Å². The van der Waals surface area contributed by atoms with Crippen LogP contribution in [-0.4, -0.2) is 43.6 Å². The van der Waals surface area contributed by atoms with Crippen LogP contribution in [0.3, 0.4) is 0 Å². The van der Waals surface area contributed by atoms with Crippen LogP contribution in [0.25, 0.3) is 0 Å². The Labute approximate surface area is 153 Å². The average Bonchev–Trinajstić information content (AvgIpc) is 2.86. The molecule has 0 unspecified atom stereocenters. The molecule has 0 aromatic carbocycles. The summed E-state index contributed by atoms with van der Waals surface area (Å²) in [6.45, 7) is 9.20. The van der Waals surface area contributed by atoms with Crippen LogP contribution in [0.1, 0.15) is 33.6 Å². The van der Waals surface area contributed by atoms with E-state index in [-0.39, 0.29) is 11.5 Å². The van der Waals surface area contributed by atoms with E-state index in [2.05, 4.69) is 6.58 Å². The molecule has 1 fully saturated rings. The Morgan fingerprint density at radius 1 is 1.42 bits per heavy atom. The molecule has 142 valence electrons. The number of fused-ring (bicyclic) bond motifs is 1. The molecule has 1 aliphatic heterocycles. The van der Waals surface area contributed by atoms with Crippen LogP contribution in [-0.2, 0) is 28.6 Å². The van der Waals surface area contributed by atoms with Crippen molar-refractivity contribution in [2.24, 2.45) is 11.8 Å². The second-order valence-electron chi connectivity index (χ2n) is 7.01. The number of ether oxygens (including phenoxy) is 3. The van der Waals surface area contributed by atoms with Gasteiger partial charge in [-0.3, -0.25) is 9.59 Å². The highest BCUT2D eigenvalue weighted by Gasteiger charge is 2.48. The van der Waals surface area contributed by atoms with Gasteiger partial charge in [0.1, 0.15) is 24.6 Å². The summed E-state index contributed by atoms with van der Waals surface area (Å²) in [5, 5.41) is 0. The first-order valence-electron chi connectivity index (χ1n) is 8.75. The molecule has 0 aromatic rings. The summed E-state index contributed by atoms with van der Waals surface area (Å²) in [4.78, 5) is 36.1. The van der Waals surface area contributed by atoms with Crippen molar-refractivity contribution in [3.63, 3.8) is 0 Å². The van der Waals surface area contributed by atoms with Gasteiger partial charge >= 0.3 is 11.9 Å². The predicted octanol–water partition coefficient (Wildman–Crippen LogP) is 2.53. The third-order valence-electron chi connectivity index (χ3n) is 4.72. The van der Waals surface area contributed by atoms with Gasteiger partial charge in [-0.05, 0) is 25.8 Å². The Bertz CT molecular complexity index is 657. The van der Waals surface area contributed by atoms with Gasteiger partial charge < -0.3 is 14.2 Å². The van der Waals surface area contributed by atoms with E-state index in [1.807, 2.05) is 13.0 Å². The number of rotatable bonds is 4. The molecule has 1 saturated heterocycles. The number of carbonyl (C=O) groups is 3. The zero-order chi connectivity index (χ0) is 19.4. The molecular weight excluding hydrogens is 336 g/mol. The number of allylic oxidation sites excluding steroid dienone is 2. The van der Waals surface area contributed by atoms with Gasteiger partial charge in [-0.2, -0.15) is 0 Å². The van der Waals surface area contributed by atoms with Crippen LogP contribution in [0, 0.1) is 11.8 Å². The maximum atomic E-state index is 12.3. The minimum absolute atomic E-state index is 0.216. The van der Waals surface area contributed by atoms with E-state index in [0.29, 0.717) is 18.3 Å².